The predicted octanol–water partition coefficient (Wildman–Crippen LogP) is 1.65. The molecule has 0 spiro atoms. The number of carbonyl (C=O) groups excluding carboxylic acids is 2. The highest BCUT2D eigenvalue weighted by atomic mass is 16.7. The third kappa shape index (κ3) is 3.19. The Kier molecular flexibility index (Phi) is 4.36. The topological polar surface area (TPSA) is 74.7 Å². The molecule has 6 nitrogen and oxygen atoms in total. The van der Waals surface area contributed by atoms with E-state index >= 15 is 0 Å². The van der Waals surface area contributed by atoms with Gasteiger partial charge in [-0.05, 0) is 12.5 Å². The molecule has 1 aromatic rings. The summed E-state index contributed by atoms with van der Waals surface area (Å²) in [5.41, 5.74) is 0.619. The minimum atomic E-state index is -1.26. The second-order valence-corrected chi connectivity index (χ2v) is 5.23. The zero-order valence-corrected chi connectivity index (χ0v) is 12.9. The van der Waals surface area contributed by atoms with E-state index in [0.717, 1.165) is 0 Å². The molecule has 1 aliphatic rings. The van der Waals surface area contributed by atoms with E-state index in [1.807, 2.05) is 0 Å². The van der Waals surface area contributed by atoms with Crippen molar-refractivity contribution in [3.8, 4) is 17.7 Å². The Balaban J connectivity index is 2.36. The van der Waals surface area contributed by atoms with Crippen molar-refractivity contribution in [2.75, 3.05) is 7.11 Å². The number of aromatic nitrogens is 1. The number of methoxy groups -OCH3 is 1. The van der Waals surface area contributed by atoms with Crippen molar-refractivity contribution < 1.29 is 23.8 Å². The van der Waals surface area contributed by atoms with Crippen LogP contribution in [0.1, 0.15) is 32.3 Å². The van der Waals surface area contributed by atoms with Crippen LogP contribution in [-0.4, -0.2) is 29.8 Å². The molecule has 0 bridgehead atoms. The van der Waals surface area contributed by atoms with Crippen LogP contribution in [0.25, 0.3) is 0 Å². The standard InChI is InChI=1S/C16H17NO5/c1-5-6-11(10-7-8-12(20-4)17-9-10)13-14(18)21-16(2,3)22-15(13)19/h7-9,11,13H,1-4H3. The molecule has 0 aromatic carbocycles. The molecule has 0 aliphatic carbocycles. The molecule has 0 radical (unpaired) electrons. The second-order valence-electron chi connectivity index (χ2n) is 5.23. The van der Waals surface area contributed by atoms with Crippen molar-refractivity contribution in [2.24, 2.45) is 5.92 Å². The molecule has 2 heterocycles. The predicted molar refractivity (Wildman–Crippen MR) is 76.7 cm³/mol. The number of rotatable bonds is 3. The summed E-state index contributed by atoms with van der Waals surface area (Å²) in [5, 5.41) is 0. The minimum absolute atomic E-state index is 0.432. The fraction of sp³-hybridized carbons (Fsp3) is 0.438. The maximum atomic E-state index is 12.2. The summed E-state index contributed by atoms with van der Waals surface area (Å²) in [6.45, 7) is 4.65. The zero-order chi connectivity index (χ0) is 16.3. The summed E-state index contributed by atoms with van der Waals surface area (Å²) in [6.07, 6.45) is 1.52. The SMILES string of the molecule is CC#CC(c1ccc(OC)nc1)C1C(=O)OC(C)(C)OC1=O. The molecule has 0 amide bonds. The molecule has 1 aliphatic heterocycles. The lowest BCUT2D eigenvalue weighted by atomic mass is 9.86. The molecule has 1 atom stereocenters. The van der Waals surface area contributed by atoms with Gasteiger partial charge in [-0.25, -0.2) is 4.98 Å². The summed E-state index contributed by atoms with van der Waals surface area (Å²) < 4.78 is 15.3. The third-order valence-corrected chi connectivity index (χ3v) is 3.16. The van der Waals surface area contributed by atoms with E-state index in [9.17, 15) is 9.59 Å². The number of hydrogen-bond acceptors (Lipinski definition) is 6. The summed E-state index contributed by atoms with van der Waals surface area (Å²) in [6, 6.07) is 3.35. The van der Waals surface area contributed by atoms with Crippen molar-refractivity contribution in [1.82, 2.24) is 4.98 Å². The number of ether oxygens (including phenoxy) is 3. The molecule has 22 heavy (non-hydrogen) atoms. The summed E-state index contributed by atoms with van der Waals surface area (Å²) in [4.78, 5) is 28.5. The summed E-state index contributed by atoms with van der Waals surface area (Å²) in [5.74, 6) is 1.66. The lowest BCUT2D eigenvalue weighted by molar-refractivity contribution is -0.240. The first-order valence-electron chi connectivity index (χ1n) is 6.76. The van der Waals surface area contributed by atoms with Crippen molar-refractivity contribution in [2.45, 2.75) is 32.5 Å². The largest absolute Gasteiger partial charge is 0.481 e. The van der Waals surface area contributed by atoms with Crippen LogP contribution in [0, 0.1) is 17.8 Å². The Hall–Kier alpha value is -2.55. The van der Waals surface area contributed by atoms with Crippen LogP contribution >= 0.6 is 0 Å². The Morgan fingerprint density at radius 1 is 1.27 bits per heavy atom. The number of carbonyl (C=O) groups is 2. The molecule has 116 valence electrons. The van der Waals surface area contributed by atoms with Crippen LogP contribution in [0.3, 0.4) is 0 Å². The van der Waals surface area contributed by atoms with Gasteiger partial charge in [0.1, 0.15) is 0 Å². The first-order valence-corrected chi connectivity index (χ1v) is 6.76. The molecular weight excluding hydrogens is 286 g/mol. The quantitative estimate of drug-likeness (QED) is 0.480. The average molecular weight is 303 g/mol. The highest BCUT2D eigenvalue weighted by molar-refractivity contribution is 5.98. The van der Waals surface area contributed by atoms with E-state index in [1.54, 1.807) is 19.1 Å². The monoisotopic (exact) mass is 303 g/mol. The van der Waals surface area contributed by atoms with Crippen LogP contribution in [0.5, 0.6) is 5.88 Å². The third-order valence-electron chi connectivity index (χ3n) is 3.16. The number of pyridine rings is 1. The summed E-state index contributed by atoms with van der Waals surface area (Å²) in [7, 11) is 1.50. The number of hydrogen-bond donors (Lipinski definition) is 0. The van der Waals surface area contributed by atoms with E-state index < -0.39 is 29.6 Å². The van der Waals surface area contributed by atoms with Gasteiger partial charge in [0.15, 0.2) is 5.92 Å². The molecule has 6 heteroatoms. The van der Waals surface area contributed by atoms with Crippen LogP contribution in [0.2, 0.25) is 0 Å². The van der Waals surface area contributed by atoms with Crippen LogP contribution < -0.4 is 4.74 Å². The molecule has 1 unspecified atom stereocenters. The van der Waals surface area contributed by atoms with E-state index in [2.05, 4.69) is 16.8 Å². The van der Waals surface area contributed by atoms with Gasteiger partial charge in [-0.3, -0.25) is 9.59 Å². The van der Waals surface area contributed by atoms with Crippen molar-refractivity contribution in [1.29, 1.82) is 0 Å². The van der Waals surface area contributed by atoms with Gasteiger partial charge in [0.2, 0.25) is 5.88 Å². The molecule has 1 saturated heterocycles. The number of nitrogens with zero attached hydrogens (tertiary/aromatic N) is 1. The molecule has 0 saturated carbocycles. The second kappa shape index (κ2) is 6.06. The van der Waals surface area contributed by atoms with Gasteiger partial charge >= 0.3 is 11.9 Å². The minimum Gasteiger partial charge on any atom is -0.481 e. The first kappa shape index (κ1) is 15.8. The first-order chi connectivity index (χ1) is 10.4. The van der Waals surface area contributed by atoms with Crippen molar-refractivity contribution >= 4 is 11.9 Å². The molecule has 0 N–H and O–H groups in total. The van der Waals surface area contributed by atoms with Crippen LogP contribution in [-0.2, 0) is 19.1 Å². The molecular formula is C16H17NO5. The number of esters is 2. The van der Waals surface area contributed by atoms with Gasteiger partial charge in [0.05, 0.1) is 13.0 Å². The van der Waals surface area contributed by atoms with Crippen LogP contribution in [0.4, 0.5) is 0 Å². The summed E-state index contributed by atoms with van der Waals surface area (Å²) >= 11 is 0. The lowest BCUT2D eigenvalue weighted by Gasteiger charge is -2.34. The molecule has 1 fully saturated rings. The Morgan fingerprint density at radius 3 is 2.36 bits per heavy atom. The molecule has 1 aromatic heterocycles. The Bertz CT molecular complexity index is 619. The smallest absolute Gasteiger partial charge is 0.325 e. The van der Waals surface area contributed by atoms with E-state index in [0.29, 0.717) is 11.4 Å². The lowest BCUT2D eigenvalue weighted by Crippen LogP contribution is -2.48. The van der Waals surface area contributed by atoms with E-state index in [-0.39, 0.29) is 0 Å². The van der Waals surface area contributed by atoms with Crippen molar-refractivity contribution in [3.63, 3.8) is 0 Å². The molecule has 2 rings (SSSR count). The van der Waals surface area contributed by atoms with Crippen molar-refractivity contribution in [3.05, 3.63) is 23.9 Å². The fourth-order valence-corrected chi connectivity index (χ4v) is 2.21. The number of cyclic esters (lactones) is 2. The highest BCUT2D eigenvalue weighted by Crippen LogP contribution is 2.33. The van der Waals surface area contributed by atoms with Crippen LogP contribution in [0.15, 0.2) is 18.3 Å². The highest BCUT2D eigenvalue weighted by Gasteiger charge is 2.47. The fourth-order valence-electron chi connectivity index (χ4n) is 2.21. The maximum Gasteiger partial charge on any atom is 0.325 e. The average Bonchev–Trinajstić information content (AvgIpc) is 2.44. The Morgan fingerprint density at radius 2 is 1.91 bits per heavy atom. The Labute approximate surface area is 128 Å². The van der Waals surface area contributed by atoms with Gasteiger partial charge in [-0.2, -0.15) is 0 Å². The maximum absolute atomic E-state index is 12.2. The normalized spacial score (nSPS) is 18.5. The zero-order valence-electron chi connectivity index (χ0n) is 12.9. The van der Waals surface area contributed by atoms with E-state index in [1.165, 1.54) is 27.2 Å². The van der Waals surface area contributed by atoms with E-state index in [4.69, 9.17) is 14.2 Å². The van der Waals surface area contributed by atoms with Gasteiger partial charge < -0.3 is 14.2 Å². The van der Waals surface area contributed by atoms with Gasteiger partial charge in [0, 0.05) is 26.1 Å². The van der Waals surface area contributed by atoms with Gasteiger partial charge in [0.25, 0.3) is 5.79 Å². The van der Waals surface area contributed by atoms with Gasteiger partial charge in [-0.1, -0.05) is 12.0 Å². The van der Waals surface area contributed by atoms with Gasteiger partial charge in [-0.15, -0.1) is 5.92 Å².